The second-order valence-electron chi connectivity index (χ2n) is 11.4. The van der Waals surface area contributed by atoms with Gasteiger partial charge in [0, 0.05) is 0 Å². The van der Waals surface area contributed by atoms with Crippen molar-refractivity contribution < 1.29 is 0 Å². The van der Waals surface area contributed by atoms with E-state index in [2.05, 4.69) is 202 Å². The molecule has 6 aromatic carbocycles. The van der Waals surface area contributed by atoms with Crippen molar-refractivity contribution in [1.82, 2.24) is 0 Å². The van der Waals surface area contributed by atoms with Gasteiger partial charge in [-0.15, -0.1) is 11.8 Å². The van der Waals surface area contributed by atoms with Crippen LogP contribution >= 0.6 is 24.4 Å². The smallest absolute Gasteiger partial charge is 0.0922 e. The maximum atomic E-state index is 4.09. The topological polar surface area (TPSA) is 0 Å². The Kier molecular flexibility index (Phi) is 12.4. The van der Waals surface area contributed by atoms with Gasteiger partial charge in [-0.05, 0) is 45.6 Å². The number of hydrogen-bond donors (Lipinski definition) is 1. The molecule has 6 aromatic rings. The highest BCUT2D eigenvalue weighted by Gasteiger charge is 2.48. The number of hydrogen-bond acceptors (Lipinski definition) is 2. The number of thioether (sulfide) groups is 1. The Morgan fingerprint density at radius 3 is 0.804 bits per heavy atom. The van der Waals surface area contributed by atoms with Gasteiger partial charge in [0.1, 0.15) is 0 Å². The van der Waals surface area contributed by atoms with Crippen molar-refractivity contribution in [2.24, 2.45) is 0 Å². The molecule has 232 valence electrons. The van der Waals surface area contributed by atoms with E-state index >= 15 is 0 Å². The summed E-state index contributed by atoms with van der Waals surface area (Å²) in [7, 11) is 0. The van der Waals surface area contributed by atoms with Crippen LogP contribution in [0.5, 0.6) is 0 Å². The molecule has 0 saturated heterocycles. The van der Waals surface area contributed by atoms with Crippen LogP contribution in [0.4, 0.5) is 0 Å². The zero-order valence-electron chi connectivity index (χ0n) is 26.7. The van der Waals surface area contributed by atoms with Gasteiger partial charge in [0.2, 0.25) is 0 Å². The molecule has 0 aromatic heterocycles. The zero-order valence-corrected chi connectivity index (χ0v) is 28.4. The maximum absolute atomic E-state index is 4.09. The molecule has 6 rings (SSSR count). The molecular formula is C44H44S2. The number of thiol groups is 1. The third-order valence-electron chi connectivity index (χ3n) is 8.40. The first-order valence-corrected chi connectivity index (χ1v) is 17.8. The van der Waals surface area contributed by atoms with E-state index < -0.39 is 9.49 Å². The van der Waals surface area contributed by atoms with E-state index in [9.17, 15) is 0 Å². The molecule has 0 atom stereocenters. The fourth-order valence-corrected chi connectivity index (χ4v) is 8.37. The van der Waals surface area contributed by atoms with Gasteiger partial charge in [-0.25, -0.2) is 0 Å². The fourth-order valence-electron chi connectivity index (χ4n) is 6.16. The minimum absolute atomic E-state index is 0.509. The summed E-state index contributed by atoms with van der Waals surface area (Å²) >= 11 is 6.10. The van der Waals surface area contributed by atoms with Crippen molar-refractivity contribution in [3.63, 3.8) is 0 Å². The van der Waals surface area contributed by atoms with Gasteiger partial charge in [-0.1, -0.05) is 208 Å². The van der Waals surface area contributed by atoms with Gasteiger partial charge in [-0.2, -0.15) is 12.6 Å². The van der Waals surface area contributed by atoms with E-state index in [4.69, 9.17) is 0 Å². The standard InChI is InChI=1S/C38H30S.C6H14S/c1-7-19-31(20-8-1)37(32-21-9-2-10-22-32,33-23-11-3-12-24-33)39-38(34-25-13-4-14-26-34,35-27-15-5-16-28-35)36-29-17-6-18-30-36;1-2-3-4-5-6-7/h1-30H;7H,2-6H2,1H3. The van der Waals surface area contributed by atoms with Gasteiger partial charge < -0.3 is 0 Å². The molecule has 0 saturated carbocycles. The second kappa shape index (κ2) is 17.1. The van der Waals surface area contributed by atoms with Crippen LogP contribution in [0.15, 0.2) is 182 Å². The Bertz CT molecular complexity index is 1350. The third-order valence-corrected chi connectivity index (χ3v) is 10.7. The van der Waals surface area contributed by atoms with Gasteiger partial charge in [0.15, 0.2) is 0 Å². The molecule has 2 heteroatoms. The van der Waals surface area contributed by atoms with E-state index in [0.717, 1.165) is 5.75 Å². The zero-order chi connectivity index (χ0) is 31.9. The van der Waals surface area contributed by atoms with Crippen molar-refractivity contribution in [1.29, 1.82) is 0 Å². The van der Waals surface area contributed by atoms with E-state index in [1.165, 1.54) is 59.1 Å². The minimum atomic E-state index is -0.509. The van der Waals surface area contributed by atoms with Crippen LogP contribution in [-0.4, -0.2) is 5.75 Å². The number of rotatable bonds is 12. The molecule has 0 aliphatic carbocycles. The predicted molar refractivity (Wildman–Crippen MR) is 204 cm³/mol. The summed E-state index contributed by atoms with van der Waals surface area (Å²) < 4.78 is -1.02. The van der Waals surface area contributed by atoms with Crippen molar-refractivity contribution in [2.45, 2.75) is 42.1 Å². The lowest BCUT2D eigenvalue weighted by Crippen LogP contribution is -2.36. The number of unbranched alkanes of at least 4 members (excludes halogenated alkanes) is 3. The molecule has 46 heavy (non-hydrogen) atoms. The first-order valence-electron chi connectivity index (χ1n) is 16.4. The molecule has 0 unspecified atom stereocenters. The first kappa shape index (κ1) is 33.4. The normalized spacial score (nSPS) is 11.3. The molecule has 0 aliphatic heterocycles. The summed E-state index contributed by atoms with van der Waals surface area (Å²) in [6, 6.07) is 65.8. The van der Waals surface area contributed by atoms with Crippen LogP contribution in [-0.2, 0) is 9.49 Å². The lowest BCUT2D eigenvalue weighted by molar-refractivity contribution is 0.707. The van der Waals surface area contributed by atoms with Crippen LogP contribution in [0.1, 0.15) is 66.0 Å². The monoisotopic (exact) mass is 636 g/mol. The molecule has 0 N–H and O–H groups in total. The summed E-state index contributed by atoms with van der Waals surface area (Å²) in [5, 5.41) is 0. The maximum Gasteiger partial charge on any atom is 0.0922 e. The molecule has 0 nitrogen and oxygen atoms in total. The van der Waals surface area contributed by atoms with Crippen LogP contribution in [0.25, 0.3) is 0 Å². The Morgan fingerprint density at radius 2 is 0.609 bits per heavy atom. The van der Waals surface area contributed by atoms with Crippen LogP contribution in [0.2, 0.25) is 0 Å². The molecule has 0 bridgehead atoms. The Morgan fingerprint density at radius 1 is 0.370 bits per heavy atom. The number of benzene rings is 6. The predicted octanol–water partition coefficient (Wildman–Crippen LogP) is 12.2. The third kappa shape index (κ3) is 7.52. The summed E-state index contributed by atoms with van der Waals surface area (Å²) in [5.41, 5.74) is 7.50. The Hall–Kier alpha value is -3.98. The molecule has 0 heterocycles. The van der Waals surface area contributed by atoms with Crippen molar-refractivity contribution in [3.05, 3.63) is 215 Å². The second-order valence-corrected chi connectivity index (χ2v) is 13.3. The summed E-state index contributed by atoms with van der Waals surface area (Å²) in [4.78, 5) is 0. The Balaban J connectivity index is 0.000000537. The SMILES string of the molecule is CCCCCCS.c1ccc(C(SC(c2ccccc2)(c2ccccc2)c2ccccc2)(c2ccccc2)c2ccccc2)cc1. The largest absolute Gasteiger partial charge is 0.179 e. The lowest BCUT2D eigenvalue weighted by atomic mass is 9.83. The minimum Gasteiger partial charge on any atom is -0.179 e. The molecule has 0 radical (unpaired) electrons. The summed E-state index contributed by atoms with van der Waals surface area (Å²) in [5.74, 6) is 1.06. The highest BCUT2D eigenvalue weighted by Crippen LogP contribution is 2.61. The summed E-state index contributed by atoms with van der Waals surface area (Å²) in [6.45, 7) is 2.22. The quantitative estimate of drug-likeness (QED) is 0.0792. The highest BCUT2D eigenvalue weighted by atomic mass is 32.2. The first-order chi connectivity index (χ1) is 22.8. The molecule has 0 fully saturated rings. The molecule has 0 amide bonds. The van der Waals surface area contributed by atoms with E-state index in [1.54, 1.807) is 0 Å². The van der Waals surface area contributed by atoms with E-state index in [-0.39, 0.29) is 0 Å². The average Bonchev–Trinajstić information content (AvgIpc) is 3.15. The van der Waals surface area contributed by atoms with Crippen molar-refractivity contribution in [2.75, 3.05) is 5.75 Å². The summed E-state index contributed by atoms with van der Waals surface area (Å²) in [6.07, 6.45) is 5.35. The van der Waals surface area contributed by atoms with Crippen LogP contribution in [0.3, 0.4) is 0 Å². The average molecular weight is 637 g/mol. The van der Waals surface area contributed by atoms with Gasteiger partial charge >= 0.3 is 0 Å². The van der Waals surface area contributed by atoms with Crippen molar-refractivity contribution in [3.8, 4) is 0 Å². The van der Waals surface area contributed by atoms with Crippen LogP contribution < -0.4 is 0 Å². The molecule has 0 aliphatic rings. The van der Waals surface area contributed by atoms with E-state index in [1.807, 2.05) is 11.8 Å². The van der Waals surface area contributed by atoms with E-state index in [0.29, 0.717) is 0 Å². The van der Waals surface area contributed by atoms with Gasteiger partial charge in [-0.3, -0.25) is 0 Å². The fraction of sp³-hybridized carbons (Fsp3) is 0.182. The van der Waals surface area contributed by atoms with Gasteiger partial charge in [0.05, 0.1) is 9.49 Å². The molecule has 0 spiro atoms. The lowest BCUT2D eigenvalue weighted by Gasteiger charge is -2.45. The van der Waals surface area contributed by atoms with Crippen molar-refractivity contribution >= 4 is 24.4 Å². The highest BCUT2D eigenvalue weighted by molar-refractivity contribution is 8.02. The van der Waals surface area contributed by atoms with Crippen LogP contribution in [0, 0.1) is 0 Å². The Labute approximate surface area is 286 Å². The van der Waals surface area contributed by atoms with Gasteiger partial charge in [0.25, 0.3) is 0 Å². The molecular weight excluding hydrogens is 593 g/mol.